The summed E-state index contributed by atoms with van der Waals surface area (Å²) in [6, 6.07) is 22.9. The summed E-state index contributed by atoms with van der Waals surface area (Å²) in [5.74, 6) is 2.01. The van der Waals surface area contributed by atoms with Crippen LogP contribution in [0.15, 0.2) is 72.8 Å². The lowest BCUT2D eigenvalue weighted by atomic mass is 9.98. The number of amides is 1. The molecule has 0 saturated carbocycles. The van der Waals surface area contributed by atoms with Gasteiger partial charge >= 0.3 is 0 Å². The molecule has 1 N–H and O–H groups in total. The molecule has 2 aromatic carbocycles. The number of anilines is 2. The number of hydrogen-bond donors (Lipinski definition) is 1. The van der Waals surface area contributed by atoms with Gasteiger partial charge in [-0.05, 0) is 55.2 Å². The number of hydrogen-bond acceptors (Lipinski definition) is 5. The largest absolute Gasteiger partial charge is 0.493 e. The van der Waals surface area contributed by atoms with Crippen LogP contribution in [0.3, 0.4) is 0 Å². The van der Waals surface area contributed by atoms with Crippen LogP contribution in [-0.4, -0.2) is 35.8 Å². The van der Waals surface area contributed by atoms with Crippen LogP contribution >= 0.6 is 0 Å². The lowest BCUT2D eigenvalue weighted by Crippen LogP contribution is -2.36. The number of para-hydroxylation sites is 2. The first-order chi connectivity index (χ1) is 14.3. The molecule has 0 spiro atoms. The Morgan fingerprint density at radius 2 is 1.62 bits per heavy atom. The third-order valence-electron chi connectivity index (χ3n) is 5.08. The smallest absolute Gasteiger partial charge is 0.276 e. The molecule has 29 heavy (non-hydrogen) atoms. The number of nitrogens with one attached hydrogen (secondary N) is 1. The highest BCUT2D eigenvalue weighted by Gasteiger charge is 2.21. The van der Waals surface area contributed by atoms with E-state index in [0.29, 0.717) is 11.6 Å². The SMILES string of the molecule is O=C(Nc1ccccc1)c1ccc(N2CCC(COc3ccccc3)CC2)nn1. The summed E-state index contributed by atoms with van der Waals surface area (Å²) in [6.45, 7) is 2.56. The van der Waals surface area contributed by atoms with Gasteiger partial charge in [0.15, 0.2) is 11.5 Å². The second kappa shape index (κ2) is 9.19. The van der Waals surface area contributed by atoms with Crippen molar-refractivity contribution >= 4 is 17.4 Å². The molecular formula is C23H24N4O2. The Morgan fingerprint density at radius 3 is 2.28 bits per heavy atom. The zero-order valence-electron chi connectivity index (χ0n) is 16.2. The van der Waals surface area contributed by atoms with Crippen molar-refractivity contribution in [1.82, 2.24) is 10.2 Å². The van der Waals surface area contributed by atoms with Gasteiger partial charge in [0.1, 0.15) is 5.75 Å². The Balaban J connectivity index is 1.27. The molecule has 2 heterocycles. The van der Waals surface area contributed by atoms with E-state index in [1.165, 1.54) is 0 Å². The Morgan fingerprint density at radius 1 is 0.931 bits per heavy atom. The van der Waals surface area contributed by atoms with E-state index < -0.39 is 0 Å². The van der Waals surface area contributed by atoms with Crippen LogP contribution in [0, 0.1) is 5.92 Å². The molecule has 148 valence electrons. The Kier molecular flexibility index (Phi) is 6.00. The lowest BCUT2D eigenvalue weighted by molar-refractivity contribution is 0.102. The normalized spacial score (nSPS) is 14.4. The minimum Gasteiger partial charge on any atom is -0.493 e. The monoisotopic (exact) mass is 388 g/mol. The van der Waals surface area contributed by atoms with Crippen molar-refractivity contribution in [3.05, 3.63) is 78.5 Å². The average Bonchev–Trinajstić information content (AvgIpc) is 2.79. The third-order valence-corrected chi connectivity index (χ3v) is 5.08. The summed E-state index contributed by atoms with van der Waals surface area (Å²) in [6.07, 6.45) is 2.09. The number of nitrogens with zero attached hydrogens (tertiary/aromatic N) is 3. The summed E-state index contributed by atoms with van der Waals surface area (Å²) >= 11 is 0. The highest BCUT2D eigenvalue weighted by Crippen LogP contribution is 2.22. The van der Waals surface area contributed by atoms with E-state index in [9.17, 15) is 4.79 Å². The van der Waals surface area contributed by atoms with Crippen LogP contribution in [0.4, 0.5) is 11.5 Å². The Hall–Kier alpha value is -3.41. The third kappa shape index (κ3) is 5.10. The number of piperidine rings is 1. The molecular weight excluding hydrogens is 364 g/mol. The molecule has 0 unspecified atom stereocenters. The first kappa shape index (κ1) is 18.9. The molecule has 0 radical (unpaired) electrons. The van der Waals surface area contributed by atoms with Crippen LogP contribution < -0.4 is 15.0 Å². The Bertz CT molecular complexity index is 909. The molecule has 6 heteroatoms. The maximum absolute atomic E-state index is 12.3. The fourth-order valence-electron chi connectivity index (χ4n) is 3.39. The number of ether oxygens (including phenoxy) is 1. The van der Waals surface area contributed by atoms with Crippen molar-refractivity contribution < 1.29 is 9.53 Å². The predicted octanol–water partition coefficient (Wildman–Crippen LogP) is 4.02. The molecule has 1 aromatic heterocycles. The first-order valence-electron chi connectivity index (χ1n) is 9.91. The van der Waals surface area contributed by atoms with Crippen LogP contribution in [0.5, 0.6) is 5.75 Å². The maximum atomic E-state index is 12.3. The van der Waals surface area contributed by atoms with Crippen LogP contribution in [-0.2, 0) is 0 Å². The molecule has 0 bridgehead atoms. The van der Waals surface area contributed by atoms with E-state index in [1.54, 1.807) is 6.07 Å². The van der Waals surface area contributed by atoms with Crippen molar-refractivity contribution in [1.29, 1.82) is 0 Å². The standard InChI is InChI=1S/C23H24N4O2/c28-23(24-19-7-3-1-4-8-19)21-11-12-22(26-25-21)27-15-13-18(14-16-27)17-29-20-9-5-2-6-10-20/h1-12,18H,13-17H2,(H,24,28). The quantitative estimate of drug-likeness (QED) is 0.691. The minimum absolute atomic E-state index is 0.257. The summed E-state index contributed by atoms with van der Waals surface area (Å²) in [4.78, 5) is 14.5. The van der Waals surface area contributed by atoms with Crippen LogP contribution in [0.2, 0.25) is 0 Å². The van der Waals surface area contributed by atoms with Crippen molar-refractivity contribution in [3.63, 3.8) is 0 Å². The van der Waals surface area contributed by atoms with Crippen LogP contribution in [0.1, 0.15) is 23.3 Å². The molecule has 0 atom stereocenters. The average molecular weight is 388 g/mol. The fraction of sp³-hybridized carbons (Fsp3) is 0.261. The molecule has 1 fully saturated rings. The van der Waals surface area contributed by atoms with Crippen molar-refractivity contribution in [2.24, 2.45) is 5.92 Å². The zero-order chi connectivity index (χ0) is 19.9. The number of benzene rings is 2. The topological polar surface area (TPSA) is 67.4 Å². The van der Waals surface area contributed by atoms with E-state index in [1.807, 2.05) is 66.7 Å². The number of carbonyl (C=O) groups excluding carboxylic acids is 1. The van der Waals surface area contributed by atoms with Gasteiger partial charge in [-0.2, -0.15) is 0 Å². The van der Waals surface area contributed by atoms with Crippen molar-refractivity contribution in [3.8, 4) is 5.75 Å². The first-order valence-corrected chi connectivity index (χ1v) is 9.91. The molecule has 1 aliphatic rings. The van der Waals surface area contributed by atoms with Gasteiger partial charge in [-0.15, -0.1) is 10.2 Å². The molecule has 1 aliphatic heterocycles. The van der Waals surface area contributed by atoms with Crippen molar-refractivity contribution in [2.75, 3.05) is 29.9 Å². The molecule has 0 aliphatic carbocycles. The molecule has 3 aromatic rings. The molecule has 1 saturated heterocycles. The van der Waals surface area contributed by atoms with Gasteiger partial charge in [-0.1, -0.05) is 36.4 Å². The van der Waals surface area contributed by atoms with E-state index >= 15 is 0 Å². The van der Waals surface area contributed by atoms with E-state index in [2.05, 4.69) is 20.4 Å². The van der Waals surface area contributed by atoms with Gasteiger partial charge in [0.05, 0.1) is 6.61 Å². The minimum atomic E-state index is -0.257. The van der Waals surface area contributed by atoms with Gasteiger partial charge in [0, 0.05) is 18.8 Å². The highest BCUT2D eigenvalue weighted by atomic mass is 16.5. The van der Waals surface area contributed by atoms with Gasteiger partial charge in [0.2, 0.25) is 0 Å². The number of rotatable bonds is 6. The lowest BCUT2D eigenvalue weighted by Gasteiger charge is -2.32. The van der Waals surface area contributed by atoms with E-state index in [4.69, 9.17) is 4.74 Å². The van der Waals surface area contributed by atoms with Gasteiger partial charge in [-0.3, -0.25) is 4.79 Å². The second-order valence-electron chi connectivity index (χ2n) is 7.15. The summed E-state index contributed by atoms with van der Waals surface area (Å²) < 4.78 is 5.89. The summed E-state index contributed by atoms with van der Waals surface area (Å²) in [5.41, 5.74) is 1.05. The predicted molar refractivity (Wildman–Crippen MR) is 113 cm³/mol. The van der Waals surface area contributed by atoms with Gasteiger partial charge in [-0.25, -0.2) is 0 Å². The van der Waals surface area contributed by atoms with Gasteiger partial charge in [0.25, 0.3) is 5.91 Å². The number of aromatic nitrogens is 2. The molecule has 1 amide bonds. The maximum Gasteiger partial charge on any atom is 0.276 e. The second-order valence-corrected chi connectivity index (χ2v) is 7.15. The van der Waals surface area contributed by atoms with Gasteiger partial charge < -0.3 is 15.0 Å². The molecule has 4 rings (SSSR count). The van der Waals surface area contributed by atoms with E-state index in [-0.39, 0.29) is 5.91 Å². The Labute approximate surface area is 170 Å². The van der Waals surface area contributed by atoms with E-state index in [0.717, 1.165) is 49.8 Å². The zero-order valence-corrected chi connectivity index (χ0v) is 16.2. The number of carbonyl (C=O) groups is 1. The summed E-state index contributed by atoms with van der Waals surface area (Å²) in [5, 5.41) is 11.2. The van der Waals surface area contributed by atoms with Crippen LogP contribution in [0.25, 0.3) is 0 Å². The fourth-order valence-corrected chi connectivity index (χ4v) is 3.39. The van der Waals surface area contributed by atoms with Crippen molar-refractivity contribution in [2.45, 2.75) is 12.8 Å². The summed E-state index contributed by atoms with van der Waals surface area (Å²) in [7, 11) is 0. The molecule has 6 nitrogen and oxygen atoms in total. The highest BCUT2D eigenvalue weighted by molar-refractivity contribution is 6.02.